The number of benzene rings is 2. The van der Waals surface area contributed by atoms with Crippen LogP contribution in [0.25, 0.3) is 0 Å². The topological polar surface area (TPSA) is 114 Å². The fourth-order valence-electron chi connectivity index (χ4n) is 3.47. The van der Waals surface area contributed by atoms with Gasteiger partial charge in [-0.1, -0.05) is 24.3 Å². The first-order valence-corrected chi connectivity index (χ1v) is 10.1. The number of rotatable bonds is 10. The predicted molar refractivity (Wildman–Crippen MR) is 113 cm³/mol. The van der Waals surface area contributed by atoms with Crippen LogP contribution < -0.4 is 14.8 Å². The Morgan fingerprint density at radius 2 is 1.94 bits per heavy atom. The molecule has 1 fully saturated rings. The Bertz CT molecular complexity index is 908. The first-order chi connectivity index (χ1) is 14.9. The minimum absolute atomic E-state index is 0.00761. The third-order valence-corrected chi connectivity index (χ3v) is 4.95. The zero-order chi connectivity index (χ0) is 22.3. The first kappa shape index (κ1) is 22.6. The van der Waals surface area contributed by atoms with Gasteiger partial charge < -0.3 is 29.7 Å². The number of ether oxygens (including phenoxy) is 3. The number of aliphatic hydroxyl groups excluding tert-OH is 1. The number of para-hydroxylation sites is 2. The Balaban J connectivity index is 1.53. The van der Waals surface area contributed by atoms with Crippen molar-refractivity contribution in [1.29, 1.82) is 0 Å². The maximum atomic E-state index is 11.7. The van der Waals surface area contributed by atoms with E-state index in [1.807, 2.05) is 6.07 Å². The minimum atomic E-state index is -1.19. The number of aliphatic carboxylic acids is 1. The Kier molecular flexibility index (Phi) is 7.49. The molecule has 1 aliphatic heterocycles. The highest BCUT2D eigenvalue weighted by Gasteiger charge is 2.42. The highest BCUT2D eigenvalue weighted by molar-refractivity contribution is 5.90. The summed E-state index contributed by atoms with van der Waals surface area (Å²) < 4.78 is 16.8. The molecule has 31 heavy (non-hydrogen) atoms. The number of amides is 1. The Morgan fingerprint density at radius 1 is 1.16 bits per heavy atom. The van der Waals surface area contributed by atoms with Gasteiger partial charge >= 0.3 is 5.97 Å². The second kappa shape index (κ2) is 10.3. The number of carboxylic acids is 1. The molecule has 1 amide bonds. The van der Waals surface area contributed by atoms with Crippen molar-refractivity contribution in [3.05, 3.63) is 54.1 Å². The van der Waals surface area contributed by atoms with Crippen LogP contribution in [0.2, 0.25) is 0 Å². The van der Waals surface area contributed by atoms with E-state index in [-0.39, 0.29) is 25.5 Å². The van der Waals surface area contributed by atoms with E-state index in [1.165, 1.54) is 6.92 Å². The van der Waals surface area contributed by atoms with Crippen molar-refractivity contribution in [2.24, 2.45) is 0 Å². The summed E-state index contributed by atoms with van der Waals surface area (Å²) in [6, 6.07) is 14.1. The molecule has 2 aromatic rings. The Labute approximate surface area is 180 Å². The first-order valence-electron chi connectivity index (χ1n) is 10.1. The van der Waals surface area contributed by atoms with Gasteiger partial charge in [0.05, 0.1) is 5.69 Å². The molecule has 1 heterocycles. The van der Waals surface area contributed by atoms with Crippen molar-refractivity contribution in [3.8, 4) is 11.5 Å². The van der Waals surface area contributed by atoms with Gasteiger partial charge in [-0.3, -0.25) is 4.79 Å². The number of carbonyl (C=O) groups is 2. The number of hydrogen-bond acceptors (Lipinski definition) is 6. The number of nitrogens with one attached hydrogen (secondary N) is 1. The minimum Gasteiger partial charge on any atom is -0.491 e. The molecule has 0 spiro atoms. The molecule has 1 aliphatic rings. The van der Waals surface area contributed by atoms with Gasteiger partial charge in [0.25, 0.3) is 0 Å². The van der Waals surface area contributed by atoms with Crippen LogP contribution in [0.1, 0.15) is 25.3 Å². The van der Waals surface area contributed by atoms with Crippen molar-refractivity contribution in [1.82, 2.24) is 0 Å². The molecular formula is C23H27NO7. The van der Waals surface area contributed by atoms with Gasteiger partial charge in [0.15, 0.2) is 5.60 Å². The average Bonchev–Trinajstić information content (AvgIpc) is 3.21. The number of hydrogen-bond donors (Lipinski definition) is 3. The van der Waals surface area contributed by atoms with E-state index in [0.29, 0.717) is 30.2 Å². The second-order valence-corrected chi connectivity index (χ2v) is 7.53. The molecular weight excluding hydrogens is 402 g/mol. The molecule has 0 aromatic heterocycles. The highest BCUT2D eigenvalue weighted by Crippen LogP contribution is 2.31. The Hall–Kier alpha value is -3.10. The van der Waals surface area contributed by atoms with Crippen LogP contribution in [0.4, 0.5) is 5.69 Å². The van der Waals surface area contributed by atoms with E-state index in [9.17, 15) is 19.8 Å². The lowest BCUT2D eigenvalue weighted by Crippen LogP contribution is -2.40. The quantitative estimate of drug-likeness (QED) is 0.532. The van der Waals surface area contributed by atoms with Crippen LogP contribution in [0.3, 0.4) is 0 Å². The van der Waals surface area contributed by atoms with Crippen molar-refractivity contribution >= 4 is 17.6 Å². The lowest BCUT2D eigenvalue weighted by Gasteiger charge is -2.23. The second-order valence-electron chi connectivity index (χ2n) is 7.53. The van der Waals surface area contributed by atoms with Crippen LogP contribution in [0.15, 0.2) is 48.5 Å². The molecule has 8 heteroatoms. The summed E-state index contributed by atoms with van der Waals surface area (Å²) in [5.74, 6) is -0.195. The van der Waals surface area contributed by atoms with E-state index >= 15 is 0 Å². The van der Waals surface area contributed by atoms with Crippen molar-refractivity contribution < 1.29 is 34.0 Å². The molecule has 0 aliphatic carbocycles. The third kappa shape index (κ3) is 6.19. The maximum absolute atomic E-state index is 11.7. The number of carboxylic acid groups (broad SMARTS) is 1. The highest BCUT2D eigenvalue weighted by atomic mass is 16.5. The molecule has 3 rings (SSSR count). The zero-order valence-electron chi connectivity index (χ0n) is 17.4. The standard InChI is InChI=1S/C23H27NO7/c1-16(25)24-20-8-2-3-9-21(20)30-15-18(26)14-29-19-7-4-6-17(12-19)13-23(22(27)28)10-5-11-31-23/h2-4,6-9,12,18,26H,5,10-11,13-15H2,1H3,(H,24,25)(H,27,28). The molecule has 0 bridgehead atoms. The summed E-state index contributed by atoms with van der Waals surface area (Å²) in [6.45, 7) is 1.82. The molecule has 2 unspecified atom stereocenters. The number of anilines is 1. The monoisotopic (exact) mass is 429 g/mol. The molecule has 0 radical (unpaired) electrons. The summed E-state index contributed by atoms with van der Waals surface area (Å²) in [5.41, 5.74) is 0.127. The summed E-state index contributed by atoms with van der Waals surface area (Å²) in [6.07, 6.45) is 0.548. The largest absolute Gasteiger partial charge is 0.491 e. The number of aliphatic hydroxyl groups is 1. The molecule has 166 valence electrons. The molecule has 8 nitrogen and oxygen atoms in total. The van der Waals surface area contributed by atoms with Gasteiger partial charge in [-0.25, -0.2) is 4.79 Å². The zero-order valence-corrected chi connectivity index (χ0v) is 17.4. The summed E-state index contributed by atoms with van der Waals surface area (Å²) in [4.78, 5) is 23.0. The lowest BCUT2D eigenvalue weighted by atomic mass is 9.91. The van der Waals surface area contributed by atoms with E-state index in [1.54, 1.807) is 42.5 Å². The predicted octanol–water partition coefficient (Wildman–Crippen LogP) is 2.64. The van der Waals surface area contributed by atoms with Gasteiger partial charge in [0, 0.05) is 20.0 Å². The smallest absolute Gasteiger partial charge is 0.336 e. The molecule has 0 saturated carbocycles. The lowest BCUT2D eigenvalue weighted by molar-refractivity contribution is -0.159. The fourth-order valence-corrected chi connectivity index (χ4v) is 3.47. The van der Waals surface area contributed by atoms with Crippen molar-refractivity contribution in [2.45, 2.75) is 37.9 Å². The SMILES string of the molecule is CC(=O)Nc1ccccc1OCC(O)COc1cccc(CC2(C(=O)O)CCCO2)c1. The fraction of sp³-hybridized carbons (Fsp3) is 0.391. The van der Waals surface area contributed by atoms with Crippen molar-refractivity contribution in [2.75, 3.05) is 25.1 Å². The molecule has 2 atom stereocenters. The van der Waals surface area contributed by atoms with Crippen LogP contribution in [-0.4, -0.2) is 53.6 Å². The van der Waals surface area contributed by atoms with E-state index in [4.69, 9.17) is 14.2 Å². The van der Waals surface area contributed by atoms with Gasteiger partial charge in [-0.2, -0.15) is 0 Å². The van der Waals surface area contributed by atoms with E-state index in [0.717, 1.165) is 12.0 Å². The van der Waals surface area contributed by atoms with E-state index in [2.05, 4.69) is 5.32 Å². The van der Waals surface area contributed by atoms with Gasteiger partial charge in [-0.05, 0) is 42.7 Å². The van der Waals surface area contributed by atoms with Crippen LogP contribution in [0, 0.1) is 0 Å². The van der Waals surface area contributed by atoms with Crippen molar-refractivity contribution in [3.63, 3.8) is 0 Å². The summed E-state index contributed by atoms with van der Waals surface area (Å²) in [7, 11) is 0. The van der Waals surface area contributed by atoms with Crippen LogP contribution in [-0.2, 0) is 20.7 Å². The molecule has 2 aromatic carbocycles. The molecule has 1 saturated heterocycles. The van der Waals surface area contributed by atoms with Gasteiger partial charge in [0.2, 0.25) is 5.91 Å². The van der Waals surface area contributed by atoms with Gasteiger partial charge in [-0.15, -0.1) is 0 Å². The summed E-state index contributed by atoms with van der Waals surface area (Å²) >= 11 is 0. The maximum Gasteiger partial charge on any atom is 0.336 e. The Morgan fingerprint density at radius 3 is 2.65 bits per heavy atom. The number of carbonyl (C=O) groups excluding carboxylic acids is 1. The van der Waals surface area contributed by atoms with E-state index < -0.39 is 17.7 Å². The van der Waals surface area contributed by atoms with Crippen LogP contribution >= 0.6 is 0 Å². The third-order valence-electron chi connectivity index (χ3n) is 4.95. The van der Waals surface area contributed by atoms with Gasteiger partial charge in [0.1, 0.15) is 30.8 Å². The summed E-state index contributed by atoms with van der Waals surface area (Å²) in [5, 5.41) is 22.5. The van der Waals surface area contributed by atoms with Crippen LogP contribution in [0.5, 0.6) is 11.5 Å². The normalized spacial score (nSPS) is 18.9. The average molecular weight is 429 g/mol. The molecule has 3 N–H and O–H groups in total.